The second kappa shape index (κ2) is 20.8. The SMILES string of the molecule is CCCC.c1ccc(N(c2cc(C3CCCC3)c3ccc4c(N(c5ccccc5)c5cccc6c5oc5c(C7CCCC7)cccc56)cc(C5CCCC5)c5ccc2c3c54)c2cccc3c2oc2c(C4CCCC4)cccc23)cc1. The standard InChI is InChI=1S/C72H64N2O2.C4H10/c1-3-27-49(28-4-1)73(63-37-17-35-57-55-33-15-31-51(45-19-7-8-20-45)69(55)75-71(57)63)65-43-61(47-23-11-12-24-47)53-40-42-60-66(44-62(48-25-13-14-26-48)54-39-41-59(65)67(53)68(54)60)74(50-29-5-2-6-30-50)64-38-18-36-58-56-34-16-32-52(46-21-9-10-22-46)70(56)76-72(58)64;1-3-4-2/h1-6,15-18,27-48H,7-14,19-26H2;3-4H2,1-2H3. The Bertz CT molecular complexity index is 3930. The Morgan fingerprint density at radius 3 is 0.988 bits per heavy atom. The average Bonchev–Trinajstić information content (AvgIpc) is 4.50. The molecule has 4 aliphatic carbocycles. The molecule has 400 valence electrons. The summed E-state index contributed by atoms with van der Waals surface area (Å²) < 4.78 is 14.7. The Morgan fingerprint density at radius 2 is 0.625 bits per heavy atom. The molecule has 4 fully saturated rings. The van der Waals surface area contributed by atoms with Crippen LogP contribution in [0, 0.1) is 0 Å². The van der Waals surface area contributed by atoms with E-state index in [4.69, 9.17) is 8.83 Å². The van der Waals surface area contributed by atoms with E-state index in [0.717, 1.165) is 45.1 Å². The lowest BCUT2D eigenvalue weighted by Gasteiger charge is -2.32. The third-order valence-corrected chi connectivity index (χ3v) is 19.7. The lowest BCUT2D eigenvalue weighted by Crippen LogP contribution is -2.13. The van der Waals surface area contributed by atoms with Gasteiger partial charge in [-0.1, -0.05) is 199 Å². The molecule has 4 aliphatic rings. The molecule has 4 nitrogen and oxygen atoms in total. The van der Waals surface area contributed by atoms with Crippen LogP contribution in [0.5, 0.6) is 0 Å². The van der Waals surface area contributed by atoms with E-state index < -0.39 is 0 Å². The second-order valence-corrected chi connectivity index (χ2v) is 24.3. The molecule has 12 aromatic rings. The van der Waals surface area contributed by atoms with Crippen molar-refractivity contribution in [2.24, 2.45) is 0 Å². The van der Waals surface area contributed by atoms with Crippen molar-refractivity contribution in [2.45, 2.75) is 153 Å². The first-order chi connectivity index (χ1) is 39.6. The summed E-state index contributed by atoms with van der Waals surface area (Å²) in [6.07, 6.45) is 22.6. The van der Waals surface area contributed by atoms with E-state index in [1.165, 1.54) is 203 Å². The molecule has 0 spiro atoms. The summed E-state index contributed by atoms with van der Waals surface area (Å²) in [6, 6.07) is 64.9. The van der Waals surface area contributed by atoms with Crippen molar-refractivity contribution in [2.75, 3.05) is 9.80 Å². The molecule has 0 saturated heterocycles. The minimum absolute atomic E-state index is 0.478. The van der Waals surface area contributed by atoms with Gasteiger partial charge in [0.2, 0.25) is 0 Å². The van der Waals surface area contributed by atoms with Gasteiger partial charge >= 0.3 is 0 Å². The van der Waals surface area contributed by atoms with E-state index in [1.807, 2.05) is 0 Å². The van der Waals surface area contributed by atoms with Crippen LogP contribution in [0.4, 0.5) is 34.1 Å². The third-order valence-electron chi connectivity index (χ3n) is 19.7. The number of hydrogen-bond acceptors (Lipinski definition) is 4. The van der Waals surface area contributed by atoms with Crippen LogP contribution < -0.4 is 9.80 Å². The van der Waals surface area contributed by atoms with Gasteiger partial charge in [0.25, 0.3) is 0 Å². The minimum Gasteiger partial charge on any atom is -0.454 e. The Hall–Kier alpha value is -7.56. The van der Waals surface area contributed by atoms with Crippen LogP contribution in [-0.4, -0.2) is 0 Å². The minimum atomic E-state index is 0.478. The van der Waals surface area contributed by atoms with Crippen molar-refractivity contribution in [1.82, 2.24) is 0 Å². The smallest absolute Gasteiger partial charge is 0.159 e. The number of unbranched alkanes of at least 4 members (excludes halogenated alkanes) is 1. The number of furan rings is 2. The first-order valence-electron chi connectivity index (χ1n) is 31.0. The molecule has 0 atom stereocenters. The first-order valence-corrected chi connectivity index (χ1v) is 31.0. The molecule has 10 aromatic carbocycles. The fraction of sp³-hybridized carbons (Fsp3) is 0.316. The number of anilines is 6. The largest absolute Gasteiger partial charge is 0.454 e. The molecule has 4 saturated carbocycles. The number of hydrogen-bond donors (Lipinski definition) is 0. The molecular weight excluding hydrogens is 973 g/mol. The van der Waals surface area contributed by atoms with Gasteiger partial charge in [0.05, 0.1) is 22.7 Å². The van der Waals surface area contributed by atoms with Gasteiger partial charge in [0.15, 0.2) is 11.2 Å². The second-order valence-electron chi connectivity index (χ2n) is 24.3. The fourth-order valence-electron chi connectivity index (χ4n) is 15.6. The molecule has 2 aromatic heterocycles. The number of fused-ring (bicyclic) bond motifs is 6. The van der Waals surface area contributed by atoms with E-state index in [0.29, 0.717) is 23.7 Å². The quantitative estimate of drug-likeness (QED) is 0.121. The topological polar surface area (TPSA) is 32.8 Å². The molecule has 0 radical (unpaired) electrons. The normalized spacial score (nSPS) is 16.7. The van der Waals surface area contributed by atoms with Gasteiger partial charge in [-0.25, -0.2) is 0 Å². The van der Waals surface area contributed by atoms with E-state index in [2.05, 4.69) is 194 Å². The monoisotopic (exact) mass is 1050 g/mol. The van der Waals surface area contributed by atoms with Crippen molar-refractivity contribution >= 4 is 110 Å². The molecule has 4 heteroatoms. The highest BCUT2D eigenvalue weighted by Crippen LogP contribution is 2.55. The summed E-state index contributed by atoms with van der Waals surface area (Å²) in [5.41, 5.74) is 16.6. The number of para-hydroxylation sites is 6. The zero-order chi connectivity index (χ0) is 53.3. The summed E-state index contributed by atoms with van der Waals surface area (Å²) in [7, 11) is 0. The molecule has 0 amide bonds. The fourth-order valence-corrected chi connectivity index (χ4v) is 15.6. The molecule has 2 heterocycles. The third kappa shape index (κ3) is 8.21. The van der Waals surface area contributed by atoms with Crippen molar-refractivity contribution in [3.8, 4) is 0 Å². The van der Waals surface area contributed by atoms with E-state index in [-0.39, 0.29) is 0 Å². The molecule has 0 aliphatic heterocycles. The molecule has 80 heavy (non-hydrogen) atoms. The Labute approximate surface area is 471 Å². The van der Waals surface area contributed by atoms with E-state index >= 15 is 0 Å². The molecular formula is C76H74N2O2. The van der Waals surface area contributed by atoms with Crippen LogP contribution in [0.2, 0.25) is 0 Å². The maximum Gasteiger partial charge on any atom is 0.159 e. The zero-order valence-electron chi connectivity index (χ0n) is 46.9. The number of rotatable bonds is 11. The maximum absolute atomic E-state index is 7.33. The highest BCUT2D eigenvalue weighted by molar-refractivity contribution is 6.30. The van der Waals surface area contributed by atoms with Crippen LogP contribution in [0.3, 0.4) is 0 Å². The Morgan fingerprint density at radius 1 is 0.300 bits per heavy atom. The Kier molecular flexibility index (Phi) is 12.9. The van der Waals surface area contributed by atoms with Gasteiger partial charge in [-0.15, -0.1) is 0 Å². The van der Waals surface area contributed by atoms with Gasteiger partial charge in [-0.2, -0.15) is 0 Å². The molecule has 16 rings (SSSR count). The molecule has 0 unspecified atom stereocenters. The summed E-state index contributed by atoms with van der Waals surface area (Å²) in [4.78, 5) is 5.11. The predicted molar refractivity (Wildman–Crippen MR) is 339 cm³/mol. The van der Waals surface area contributed by atoms with Gasteiger partial charge in [-0.3, -0.25) is 0 Å². The van der Waals surface area contributed by atoms with Gasteiger partial charge in [0.1, 0.15) is 11.2 Å². The van der Waals surface area contributed by atoms with Crippen molar-refractivity contribution in [3.63, 3.8) is 0 Å². The first kappa shape index (κ1) is 49.5. The summed E-state index contributed by atoms with van der Waals surface area (Å²) >= 11 is 0. The van der Waals surface area contributed by atoms with E-state index in [1.54, 1.807) is 0 Å². The summed E-state index contributed by atoms with van der Waals surface area (Å²) in [5, 5.41) is 12.9. The van der Waals surface area contributed by atoms with Crippen LogP contribution in [0.25, 0.3) is 76.2 Å². The van der Waals surface area contributed by atoms with Crippen LogP contribution in [-0.2, 0) is 0 Å². The van der Waals surface area contributed by atoms with Crippen LogP contribution >= 0.6 is 0 Å². The van der Waals surface area contributed by atoms with Crippen LogP contribution in [0.1, 0.15) is 175 Å². The van der Waals surface area contributed by atoms with Crippen molar-refractivity contribution < 1.29 is 8.83 Å². The maximum atomic E-state index is 7.33. The van der Waals surface area contributed by atoms with Crippen molar-refractivity contribution in [1.29, 1.82) is 0 Å². The highest BCUT2D eigenvalue weighted by Gasteiger charge is 2.32. The van der Waals surface area contributed by atoms with Gasteiger partial charge in [0, 0.05) is 43.7 Å². The van der Waals surface area contributed by atoms with Gasteiger partial charge in [-0.05, 0) is 167 Å². The average molecular weight is 1050 g/mol. The van der Waals surface area contributed by atoms with Gasteiger partial charge < -0.3 is 18.6 Å². The number of benzene rings is 10. The highest BCUT2D eigenvalue weighted by atomic mass is 16.3. The summed E-state index contributed by atoms with van der Waals surface area (Å²) in [6.45, 7) is 4.36. The van der Waals surface area contributed by atoms with E-state index in [9.17, 15) is 0 Å². The lowest BCUT2D eigenvalue weighted by molar-refractivity contribution is 0.643. The summed E-state index contributed by atoms with van der Waals surface area (Å²) in [5.74, 6) is 2.04. The zero-order valence-corrected chi connectivity index (χ0v) is 46.9. The molecule has 0 N–H and O–H groups in total. The molecule has 0 bridgehead atoms. The van der Waals surface area contributed by atoms with Crippen molar-refractivity contribution in [3.05, 3.63) is 192 Å². The van der Waals surface area contributed by atoms with Crippen LogP contribution in [0.15, 0.2) is 179 Å². The number of nitrogens with zero attached hydrogens (tertiary/aromatic N) is 2. The Balaban J connectivity index is 0.00000134. The predicted octanol–water partition coefficient (Wildman–Crippen LogP) is 23.8. The lowest BCUT2D eigenvalue weighted by atomic mass is 9.82.